The van der Waals surface area contributed by atoms with E-state index in [1.165, 1.54) is 6.26 Å². The first-order valence-corrected chi connectivity index (χ1v) is 5.39. The maximum Gasteiger partial charge on any atom is 0.162 e. The van der Waals surface area contributed by atoms with Gasteiger partial charge in [-0.15, -0.1) is 0 Å². The number of methoxy groups -OCH3 is 2. The molecule has 0 saturated heterocycles. The third-order valence-corrected chi connectivity index (χ3v) is 2.51. The second-order valence-electron chi connectivity index (χ2n) is 3.64. The lowest BCUT2D eigenvalue weighted by atomic mass is 10.2. The highest BCUT2D eigenvalue weighted by atomic mass is 16.5. The van der Waals surface area contributed by atoms with E-state index in [1.54, 1.807) is 32.4 Å². The molecular weight excluding hydrogens is 234 g/mol. The maximum absolute atomic E-state index is 5.92. The monoisotopic (exact) mass is 249 g/mol. The summed E-state index contributed by atoms with van der Waals surface area (Å²) in [6.07, 6.45) is 1.52. The minimum absolute atomic E-state index is 0.524. The highest BCUT2D eigenvalue weighted by molar-refractivity contribution is 5.72. The van der Waals surface area contributed by atoms with E-state index in [9.17, 15) is 0 Å². The molecule has 6 heteroatoms. The first kappa shape index (κ1) is 12.1. The first-order valence-electron chi connectivity index (χ1n) is 5.39. The van der Waals surface area contributed by atoms with Crippen LogP contribution in [0.15, 0.2) is 29.0 Å². The number of nitrogens with zero attached hydrogens (tertiary/aromatic N) is 1. The Bertz CT molecular complexity index is 512. The van der Waals surface area contributed by atoms with Crippen molar-refractivity contribution in [2.24, 2.45) is 0 Å². The number of anilines is 2. The number of benzene rings is 1. The molecule has 0 unspecified atom stereocenters. The zero-order chi connectivity index (χ0) is 13.0. The smallest absolute Gasteiger partial charge is 0.162 e. The quantitative estimate of drug-likeness (QED) is 0.787. The summed E-state index contributed by atoms with van der Waals surface area (Å²) < 4.78 is 15.1. The number of nitrogens with one attached hydrogen (secondary N) is 1. The molecule has 0 saturated carbocycles. The van der Waals surface area contributed by atoms with Crippen LogP contribution < -0.4 is 20.5 Å². The molecule has 0 fully saturated rings. The Hall–Kier alpha value is -2.37. The van der Waals surface area contributed by atoms with Crippen LogP contribution in [0.25, 0.3) is 0 Å². The van der Waals surface area contributed by atoms with Crippen LogP contribution in [0.4, 0.5) is 11.4 Å². The van der Waals surface area contributed by atoms with Crippen LogP contribution >= 0.6 is 0 Å². The SMILES string of the molecule is COc1cc(N)c(NCc2ccon2)cc1OC. The van der Waals surface area contributed by atoms with Crippen molar-refractivity contribution < 1.29 is 14.0 Å². The zero-order valence-corrected chi connectivity index (χ0v) is 10.3. The van der Waals surface area contributed by atoms with Gasteiger partial charge in [-0.3, -0.25) is 0 Å². The number of hydrogen-bond donors (Lipinski definition) is 2. The van der Waals surface area contributed by atoms with Crippen LogP contribution in [0, 0.1) is 0 Å². The van der Waals surface area contributed by atoms with Crippen molar-refractivity contribution in [1.82, 2.24) is 5.16 Å². The molecule has 0 aliphatic carbocycles. The van der Waals surface area contributed by atoms with Gasteiger partial charge in [0, 0.05) is 18.2 Å². The van der Waals surface area contributed by atoms with Gasteiger partial charge in [-0.25, -0.2) is 0 Å². The van der Waals surface area contributed by atoms with Gasteiger partial charge in [-0.05, 0) is 0 Å². The summed E-state index contributed by atoms with van der Waals surface area (Å²) in [7, 11) is 3.15. The summed E-state index contributed by atoms with van der Waals surface area (Å²) in [5.74, 6) is 1.22. The van der Waals surface area contributed by atoms with Crippen molar-refractivity contribution >= 4 is 11.4 Å². The summed E-state index contributed by atoms with van der Waals surface area (Å²) in [4.78, 5) is 0. The van der Waals surface area contributed by atoms with Crippen LogP contribution in [-0.4, -0.2) is 19.4 Å². The number of aromatic nitrogens is 1. The Labute approximate surface area is 105 Å². The van der Waals surface area contributed by atoms with Crippen molar-refractivity contribution in [3.63, 3.8) is 0 Å². The molecule has 0 bridgehead atoms. The summed E-state index contributed by atoms with van der Waals surface area (Å²) >= 11 is 0. The van der Waals surface area contributed by atoms with Crippen LogP contribution in [0.5, 0.6) is 11.5 Å². The van der Waals surface area contributed by atoms with Crippen LogP contribution in [0.2, 0.25) is 0 Å². The normalized spacial score (nSPS) is 10.1. The second kappa shape index (κ2) is 5.31. The Morgan fingerprint density at radius 2 is 2.00 bits per heavy atom. The molecule has 0 atom stereocenters. The summed E-state index contributed by atoms with van der Waals surface area (Å²) in [6.45, 7) is 0.524. The molecule has 3 N–H and O–H groups in total. The van der Waals surface area contributed by atoms with E-state index in [4.69, 9.17) is 19.7 Å². The third-order valence-electron chi connectivity index (χ3n) is 2.51. The number of hydrogen-bond acceptors (Lipinski definition) is 6. The summed E-state index contributed by atoms with van der Waals surface area (Å²) in [6, 6.07) is 5.28. The molecule has 0 aliphatic heterocycles. The molecule has 6 nitrogen and oxygen atoms in total. The number of ether oxygens (including phenoxy) is 2. The molecule has 1 aromatic heterocycles. The average molecular weight is 249 g/mol. The van der Waals surface area contributed by atoms with Crippen molar-refractivity contribution in [2.45, 2.75) is 6.54 Å². The molecule has 1 aromatic carbocycles. The zero-order valence-electron chi connectivity index (χ0n) is 10.3. The van der Waals surface area contributed by atoms with Crippen LogP contribution in [0.3, 0.4) is 0 Å². The van der Waals surface area contributed by atoms with E-state index in [-0.39, 0.29) is 0 Å². The number of rotatable bonds is 5. The maximum atomic E-state index is 5.92. The molecule has 0 amide bonds. The largest absolute Gasteiger partial charge is 0.493 e. The predicted molar refractivity (Wildman–Crippen MR) is 67.8 cm³/mol. The van der Waals surface area contributed by atoms with E-state index in [0.717, 1.165) is 11.4 Å². The van der Waals surface area contributed by atoms with Crippen molar-refractivity contribution in [3.05, 3.63) is 30.2 Å². The molecular formula is C12H15N3O3. The standard InChI is InChI=1S/C12H15N3O3/c1-16-11-5-9(13)10(6-12(11)17-2)14-7-8-3-4-18-15-8/h3-6,14H,7,13H2,1-2H3. The molecule has 1 heterocycles. The fraction of sp³-hybridized carbons (Fsp3) is 0.250. The van der Waals surface area contributed by atoms with Crippen LogP contribution in [-0.2, 0) is 6.54 Å². The lowest BCUT2D eigenvalue weighted by Crippen LogP contribution is -2.04. The van der Waals surface area contributed by atoms with Gasteiger partial charge in [0.2, 0.25) is 0 Å². The van der Waals surface area contributed by atoms with E-state index in [2.05, 4.69) is 10.5 Å². The van der Waals surface area contributed by atoms with Gasteiger partial charge in [0.1, 0.15) is 12.0 Å². The second-order valence-corrected chi connectivity index (χ2v) is 3.64. The third kappa shape index (κ3) is 2.48. The van der Waals surface area contributed by atoms with E-state index < -0.39 is 0 Å². The van der Waals surface area contributed by atoms with Crippen molar-refractivity contribution in [1.29, 1.82) is 0 Å². The molecule has 18 heavy (non-hydrogen) atoms. The Balaban J connectivity index is 2.17. The summed E-state index contributed by atoms with van der Waals surface area (Å²) in [5.41, 5.74) is 8.05. The molecule has 2 rings (SSSR count). The van der Waals surface area contributed by atoms with Gasteiger partial charge >= 0.3 is 0 Å². The highest BCUT2D eigenvalue weighted by Gasteiger charge is 2.09. The van der Waals surface area contributed by atoms with E-state index >= 15 is 0 Å². The van der Waals surface area contributed by atoms with E-state index in [1.807, 2.05) is 0 Å². The average Bonchev–Trinajstić information content (AvgIpc) is 2.90. The number of nitrogens with two attached hydrogens (primary N) is 1. The van der Waals surface area contributed by atoms with Gasteiger partial charge < -0.3 is 25.0 Å². The Morgan fingerprint density at radius 1 is 1.28 bits per heavy atom. The minimum Gasteiger partial charge on any atom is -0.493 e. The number of nitrogen functional groups attached to an aromatic ring is 1. The Morgan fingerprint density at radius 3 is 2.61 bits per heavy atom. The van der Waals surface area contributed by atoms with Gasteiger partial charge in [-0.2, -0.15) is 0 Å². The lowest BCUT2D eigenvalue weighted by Gasteiger charge is -2.13. The van der Waals surface area contributed by atoms with Crippen LogP contribution in [0.1, 0.15) is 5.69 Å². The van der Waals surface area contributed by atoms with Gasteiger partial charge in [0.15, 0.2) is 11.5 Å². The Kier molecular flexibility index (Phi) is 3.57. The van der Waals surface area contributed by atoms with E-state index in [0.29, 0.717) is 23.7 Å². The lowest BCUT2D eigenvalue weighted by molar-refractivity contribution is 0.355. The highest BCUT2D eigenvalue weighted by Crippen LogP contribution is 2.34. The fourth-order valence-electron chi connectivity index (χ4n) is 1.56. The van der Waals surface area contributed by atoms with Gasteiger partial charge in [0.25, 0.3) is 0 Å². The molecule has 96 valence electrons. The molecule has 0 radical (unpaired) electrons. The van der Waals surface area contributed by atoms with Crippen molar-refractivity contribution in [3.8, 4) is 11.5 Å². The molecule has 0 aliphatic rings. The molecule has 2 aromatic rings. The fourth-order valence-corrected chi connectivity index (χ4v) is 1.56. The summed E-state index contributed by atoms with van der Waals surface area (Å²) in [5, 5.41) is 6.96. The minimum atomic E-state index is 0.524. The van der Waals surface area contributed by atoms with Gasteiger partial charge in [0.05, 0.1) is 32.1 Å². The van der Waals surface area contributed by atoms with Crippen molar-refractivity contribution in [2.75, 3.05) is 25.3 Å². The molecule has 0 spiro atoms. The topological polar surface area (TPSA) is 82.5 Å². The predicted octanol–water partition coefficient (Wildman–Crippen LogP) is 1.89. The first-order chi connectivity index (χ1) is 8.74. The van der Waals surface area contributed by atoms with Gasteiger partial charge in [-0.1, -0.05) is 5.16 Å².